The topological polar surface area (TPSA) is 81.9 Å². The highest BCUT2D eigenvalue weighted by molar-refractivity contribution is 7.09. The third-order valence-electron chi connectivity index (χ3n) is 3.28. The van der Waals surface area contributed by atoms with Gasteiger partial charge in [-0.2, -0.15) is 9.47 Å². The van der Waals surface area contributed by atoms with Gasteiger partial charge in [0.25, 0.3) is 0 Å². The van der Waals surface area contributed by atoms with Gasteiger partial charge in [0.05, 0.1) is 18.5 Å². The molecular weight excluding hydrogens is 314 g/mol. The van der Waals surface area contributed by atoms with Crippen LogP contribution in [0, 0.1) is 0 Å². The molecule has 8 heteroatoms. The maximum Gasteiger partial charge on any atom is 0.333 e. The number of anilines is 2. The minimum Gasteiger partial charge on any atom is -0.464 e. The van der Waals surface area contributed by atoms with Crippen molar-refractivity contribution < 1.29 is 9.53 Å². The summed E-state index contributed by atoms with van der Waals surface area (Å²) >= 11 is 1.30. The minimum atomic E-state index is -0.867. The lowest BCUT2D eigenvalue weighted by Gasteiger charge is -2.22. The smallest absolute Gasteiger partial charge is 0.333 e. The predicted octanol–water partition coefficient (Wildman–Crippen LogP) is 3.07. The quantitative estimate of drug-likeness (QED) is 0.844. The summed E-state index contributed by atoms with van der Waals surface area (Å²) in [5.74, 6) is 0.477. The van der Waals surface area contributed by atoms with Crippen molar-refractivity contribution in [2.75, 3.05) is 11.9 Å². The highest BCUT2D eigenvalue weighted by atomic mass is 32.1. The first-order valence-corrected chi connectivity index (χ1v) is 8.25. The van der Waals surface area contributed by atoms with Crippen LogP contribution in [-0.2, 0) is 20.5 Å². The van der Waals surface area contributed by atoms with Gasteiger partial charge in [-0.1, -0.05) is 20.8 Å². The van der Waals surface area contributed by atoms with Gasteiger partial charge in [0.2, 0.25) is 5.13 Å². The Balaban J connectivity index is 2.14. The second kappa shape index (κ2) is 6.27. The largest absolute Gasteiger partial charge is 0.464 e. The molecule has 2 aromatic rings. The second-order valence-electron chi connectivity index (χ2n) is 6.75. The highest BCUT2D eigenvalue weighted by Gasteiger charge is 2.32. The summed E-state index contributed by atoms with van der Waals surface area (Å²) in [6, 6.07) is 0. The van der Waals surface area contributed by atoms with E-state index in [9.17, 15) is 4.79 Å². The molecule has 23 heavy (non-hydrogen) atoms. The van der Waals surface area contributed by atoms with Crippen molar-refractivity contribution in [1.82, 2.24) is 19.1 Å². The van der Waals surface area contributed by atoms with Crippen LogP contribution in [0.4, 0.5) is 10.8 Å². The molecule has 0 aliphatic carbocycles. The number of carbonyl (C=O) groups is 1. The van der Waals surface area contributed by atoms with Gasteiger partial charge in [-0.05, 0) is 20.8 Å². The first kappa shape index (κ1) is 17.4. The Labute approximate surface area is 140 Å². The average molecular weight is 337 g/mol. The zero-order valence-electron chi connectivity index (χ0n) is 14.4. The fourth-order valence-corrected chi connectivity index (χ4v) is 2.58. The summed E-state index contributed by atoms with van der Waals surface area (Å²) in [5.41, 5.74) is -0.209. The Morgan fingerprint density at radius 1 is 1.35 bits per heavy atom. The van der Waals surface area contributed by atoms with Crippen LogP contribution in [-0.4, -0.2) is 31.7 Å². The van der Waals surface area contributed by atoms with E-state index in [-0.39, 0.29) is 11.4 Å². The summed E-state index contributed by atoms with van der Waals surface area (Å²) in [6.07, 6.45) is 3.41. The summed E-state index contributed by atoms with van der Waals surface area (Å²) in [6.45, 7) is 11.9. The first-order chi connectivity index (χ1) is 10.6. The van der Waals surface area contributed by atoms with E-state index in [1.165, 1.54) is 11.5 Å². The monoisotopic (exact) mass is 337 g/mol. The summed E-state index contributed by atoms with van der Waals surface area (Å²) in [7, 11) is 0. The van der Waals surface area contributed by atoms with E-state index in [2.05, 4.69) is 40.5 Å². The van der Waals surface area contributed by atoms with Crippen molar-refractivity contribution in [3.05, 3.63) is 18.2 Å². The number of nitrogens with one attached hydrogen (secondary N) is 1. The fraction of sp³-hybridized carbons (Fsp3) is 0.600. The molecule has 0 aliphatic heterocycles. The van der Waals surface area contributed by atoms with Crippen molar-refractivity contribution >= 4 is 28.3 Å². The Hall–Kier alpha value is -1.96. The third kappa shape index (κ3) is 3.87. The number of nitrogens with zero attached hydrogens (tertiary/aromatic N) is 4. The molecule has 1 N–H and O–H groups in total. The minimum absolute atomic E-state index is 0.0908. The molecule has 0 amide bonds. The summed E-state index contributed by atoms with van der Waals surface area (Å²) in [4.78, 5) is 16.5. The molecule has 0 bridgehead atoms. The van der Waals surface area contributed by atoms with Crippen LogP contribution >= 0.6 is 11.5 Å². The predicted molar refractivity (Wildman–Crippen MR) is 90.1 cm³/mol. The summed E-state index contributed by atoms with van der Waals surface area (Å²) < 4.78 is 11.0. The lowest BCUT2D eigenvalue weighted by Crippen LogP contribution is -2.37. The molecule has 0 aliphatic rings. The van der Waals surface area contributed by atoms with Gasteiger partial charge in [-0.25, -0.2) is 9.78 Å². The van der Waals surface area contributed by atoms with E-state index in [0.717, 1.165) is 11.5 Å². The Bertz CT molecular complexity index is 684. The summed E-state index contributed by atoms with van der Waals surface area (Å²) in [5, 5.41) is 8.12. The maximum absolute atomic E-state index is 12.0. The number of hydrogen-bond donors (Lipinski definition) is 1. The lowest BCUT2D eigenvalue weighted by molar-refractivity contribution is -0.152. The van der Waals surface area contributed by atoms with Gasteiger partial charge in [0.1, 0.15) is 5.82 Å². The van der Waals surface area contributed by atoms with Crippen molar-refractivity contribution in [3.8, 4) is 0 Å². The maximum atomic E-state index is 12.0. The molecule has 0 saturated carbocycles. The van der Waals surface area contributed by atoms with Crippen molar-refractivity contribution in [3.63, 3.8) is 0 Å². The van der Waals surface area contributed by atoms with Gasteiger partial charge in [0.15, 0.2) is 5.54 Å². The van der Waals surface area contributed by atoms with E-state index >= 15 is 0 Å². The van der Waals surface area contributed by atoms with E-state index in [0.29, 0.717) is 11.7 Å². The van der Waals surface area contributed by atoms with Crippen LogP contribution in [0.2, 0.25) is 0 Å². The van der Waals surface area contributed by atoms with Gasteiger partial charge in [-0.3, -0.25) is 4.68 Å². The fourth-order valence-electron chi connectivity index (χ4n) is 1.80. The molecule has 2 aromatic heterocycles. The number of hydrogen-bond acceptors (Lipinski definition) is 7. The van der Waals surface area contributed by atoms with Crippen LogP contribution < -0.4 is 5.32 Å². The second-order valence-corrected chi connectivity index (χ2v) is 7.50. The van der Waals surface area contributed by atoms with E-state index in [1.807, 2.05) is 0 Å². The van der Waals surface area contributed by atoms with Crippen molar-refractivity contribution in [2.24, 2.45) is 0 Å². The van der Waals surface area contributed by atoms with Crippen LogP contribution in [0.5, 0.6) is 0 Å². The standard InChI is InChI=1S/C15H23N5O2S/c1-7-22-12(21)15(5,6)20-9-10(8-16-20)17-13-18-11(19-23-13)14(2,3)4/h8-9H,7H2,1-6H3,(H,17,18,19). The van der Waals surface area contributed by atoms with E-state index < -0.39 is 5.54 Å². The van der Waals surface area contributed by atoms with Crippen LogP contribution in [0.1, 0.15) is 47.4 Å². The normalized spacial score (nSPS) is 12.3. The Kier molecular flexibility index (Phi) is 4.74. The van der Waals surface area contributed by atoms with Crippen molar-refractivity contribution in [1.29, 1.82) is 0 Å². The number of aromatic nitrogens is 4. The van der Waals surface area contributed by atoms with Crippen molar-refractivity contribution in [2.45, 2.75) is 52.5 Å². The zero-order chi connectivity index (χ0) is 17.3. The molecule has 0 atom stereocenters. The van der Waals surface area contributed by atoms with Crippen LogP contribution in [0.25, 0.3) is 0 Å². The molecule has 0 radical (unpaired) electrons. The molecular formula is C15H23N5O2S. The van der Waals surface area contributed by atoms with Crippen LogP contribution in [0.3, 0.4) is 0 Å². The highest BCUT2D eigenvalue weighted by Crippen LogP contribution is 2.26. The molecule has 0 fully saturated rings. The van der Waals surface area contributed by atoms with Gasteiger partial charge < -0.3 is 10.1 Å². The lowest BCUT2D eigenvalue weighted by atomic mass is 9.96. The number of ether oxygens (including phenoxy) is 1. The van der Waals surface area contributed by atoms with E-state index in [1.54, 1.807) is 37.8 Å². The number of esters is 1. The molecule has 0 saturated heterocycles. The molecule has 2 rings (SSSR count). The molecule has 0 unspecified atom stereocenters. The SMILES string of the molecule is CCOC(=O)C(C)(C)n1cc(Nc2nc(C(C)(C)C)ns2)cn1. The molecule has 2 heterocycles. The van der Waals surface area contributed by atoms with Gasteiger partial charge in [0, 0.05) is 23.1 Å². The average Bonchev–Trinajstić information content (AvgIpc) is 3.08. The third-order valence-corrected chi connectivity index (χ3v) is 3.91. The van der Waals surface area contributed by atoms with Gasteiger partial charge >= 0.3 is 5.97 Å². The van der Waals surface area contributed by atoms with Crippen LogP contribution in [0.15, 0.2) is 12.4 Å². The Morgan fingerprint density at radius 2 is 2.04 bits per heavy atom. The van der Waals surface area contributed by atoms with Gasteiger partial charge in [-0.15, -0.1) is 0 Å². The van der Waals surface area contributed by atoms with E-state index in [4.69, 9.17) is 4.74 Å². The molecule has 0 spiro atoms. The Morgan fingerprint density at radius 3 is 2.61 bits per heavy atom. The molecule has 126 valence electrons. The zero-order valence-corrected chi connectivity index (χ0v) is 15.2. The molecule has 7 nitrogen and oxygen atoms in total. The first-order valence-electron chi connectivity index (χ1n) is 7.48. The molecule has 0 aromatic carbocycles. The number of rotatable bonds is 5. The number of carbonyl (C=O) groups excluding carboxylic acids is 1.